The van der Waals surface area contributed by atoms with Crippen LogP contribution in [0.25, 0.3) is 11.4 Å². The maximum atomic E-state index is 12.4. The monoisotopic (exact) mass is 414 g/mol. The van der Waals surface area contributed by atoms with Crippen molar-refractivity contribution in [2.45, 2.75) is 46.0 Å². The van der Waals surface area contributed by atoms with Crippen molar-refractivity contribution in [2.24, 2.45) is 11.3 Å². The van der Waals surface area contributed by atoms with Gasteiger partial charge in [0.2, 0.25) is 5.91 Å². The second kappa shape index (κ2) is 9.73. The largest absolute Gasteiger partial charge is 0.492 e. The molecule has 8 heteroatoms. The van der Waals surface area contributed by atoms with Crippen molar-refractivity contribution in [1.82, 2.24) is 20.1 Å². The summed E-state index contributed by atoms with van der Waals surface area (Å²) in [6.07, 6.45) is 7.39. The number of carboxylic acid groups (broad SMARTS) is 1. The fourth-order valence-corrected chi connectivity index (χ4v) is 3.62. The van der Waals surface area contributed by atoms with Gasteiger partial charge in [-0.2, -0.15) is 5.10 Å². The van der Waals surface area contributed by atoms with Crippen LogP contribution in [0.5, 0.6) is 5.75 Å². The summed E-state index contributed by atoms with van der Waals surface area (Å²) in [5, 5.41) is 16.0. The molecule has 3 heterocycles. The van der Waals surface area contributed by atoms with Crippen LogP contribution < -0.4 is 4.74 Å². The van der Waals surface area contributed by atoms with Crippen LogP contribution in [0.2, 0.25) is 0 Å². The zero-order valence-corrected chi connectivity index (χ0v) is 17.6. The quantitative estimate of drug-likeness (QED) is 0.609. The molecule has 3 rings (SSSR count). The summed E-state index contributed by atoms with van der Waals surface area (Å²) in [5.74, 6) is 0.331. The molecule has 1 aliphatic rings. The first-order valence-corrected chi connectivity index (χ1v) is 10.4. The van der Waals surface area contributed by atoms with Gasteiger partial charge in [-0.3, -0.25) is 19.7 Å². The third kappa shape index (κ3) is 5.81. The first-order valence-electron chi connectivity index (χ1n) is 10.4. The molecule has 2 aromatic rings. The Morgan fingerprint density at radius 3 is 2.63 bits per heavy atom. The van der Waals surface area contributed by atoms with Gasteiger partial charge in [0, 0.05) is 25.7 Å². The first kappa shape index (κ1) is 21.8. The van der Waals surface area contributed by atoms with Crippen LogP contribution >= 0.6 is 0 Å². The molecule has 8 nitrogen and oxygen atoms in total. The zero-order valence-electron chi connectivity index (χ0n) is 17.6. The third-order valence-corrected chi connectivity index (χ3v) is 5.68. The van der Waals surface area contributed by atoms with Crippen molar-refractivity contribution < 1.29 is 19.4 Å². The molecule has 0 radical (unpaired) electrons. The lowest BCUT2D eigenvalue weighted by Gasteiger charge is -2.33. The van der Waals surface area contributed by atoms with E-state index in [0.717, 1.165) is 42.8 Å². The molecule has 0 bridgehead atoms. The number of aliphatic carboxylic acids is 1. The average Bonchev–Trinajstić information content (AvgIpc) is 3.26. The predicted octanol–water partition coefficient (Wildman–Crippen LogP) is 3.37. The van der Waals surface area contributed by atoms with Crippen LogP contribution in [0.15, 0.2) is 30.6 Å². The van der Waals surface area contributed by atoms with Gasteiger partial charge in [0.25, 0.3) is 0 Å². The lowest BCUT2D eigenvalue weighted by molar-refractivity contribution is -0.151. The molecule has 0 aromatic carbocycles. The number of rotatable bonds is 9. The molecule has 0 saturated carbocycles. The fraction of sp³-hybridized carbons (Fsp3) is 0.545. The molecule has 0 atom stereocenters. The van der Waals surface area contributed by atoms with Crippen molar-refractivity contribution in [3.63, 3.8) is 0 Å². The van der Waals surface area contributed by atoms with Crippen LogP contribution in [0.4, 0.5) is 0 Å². The second-order valence-electron chi connectivity index (χ2n) is 8.53. The van der Waals surface area contributed by atoms with Gasteiger partial charge in [-0.1, -0.05) is 0 Å². The Morgan fingerprint density at radius 1 is 1.27 bits per heavy atom. The Labute approximate surface area is 176 Å². The second-order valence-corrected chi connectivity index (χ2v) is 8.53. The SMILES string of the molecule is CC(C)(CC(=O)N1CCC(CCCOc2ccc(-c3ccn[nH]3)nc2)CC1)C(=O)O. The van der Waals surface area contributed by atoms with Crippen LogP contribution in [-0.2, 0) is 9.59 Å². The van der Waals surface area contributed by atoms with E-state index in [0.29, 0.717) is 25.6 Å². The van der Waals surface area contributed by atoms with E-state index in [1.54, 1.807) is 26.2 Å². The van der Waals surface area contributed by atoms with Crippen molar-refractivity contribution in [3.8, 4) is 17.1 Å². The van der Waals surface area contributed by atoms with E-state index >= 15 is 0 Å². The number of hydrogen-bond donors (Lipinski definition) is 2. The standard InChI is InChI=1S/C22H30N4O4/c1-22(2,21(28)29)14-20(27)26-11-8-16(9-12-26)4-3-13-30-17-5-6-18(23-15-17)19-7-10-24-25-19/h5-7,10,15-16H,3-4,8-9,11-14H2,1-2H3,(H,24,25)(H,28,29). The summed E-state index contributed by atoms with van der Waals surface area (Å²) < 4.78 is 5.80. The number of pyridine rings is 1. The highest BCUT2D eigenvalue weighted by Gasteiger charge is 2.33. The lowest BCUT2D eigenvalue weighted by atomic mass is 9.87. The van der Waals surface area contributed by atoms with Gasteiger partial charge in [-0.25, -0.2) is 0 Å². The Morgan fingerprint density at radius 2 is 2.03 bits per heavy atom. The number of hydrogen-bond acceptors (Lipinski definition) is 5. The van der Waals surface area contributed by atoms with Gasteiger partial charge in [0.05, 0.1) is 29.6 Å². The molecule has 0 unspecified atom stereocenters. The Balaban J connectivity index is 1.33. The molecule has 0 spiro atoms. The number of likely N-dealkylation sites (tertiary alicyclic amines) is 1. The number of nitrogens with zero attached hydrogens (tertiary/aromatic N) is 3. The molecule has 162 valence electrons. The Hall–Kier alpha value is -2.90. The minimum absolute atomic E-state index is 0.0496. The van der Waals surface area contributed by atoms with Gasteiger partial charge in [-0.05, 0) is 63.6 Å². The van der Waals surface area contributed by atoms with E-state index in [1.807, 2.05) is 23.1 Å². The average molecular weight is 415 g/mol. The number of carboxylic acids is 1. The number of H-pyrrole nitrogens is 1. The van der Waals surface area contributed by atoms with Crippen LogP contribution in [0.1, 0.15) is 46.0 Å². The predicted molar refractivity (Wildman–Crippen MR) is 112 cm³/mol. The van der Waals surface area contributed by atoms with Crippen molar-refractivity contribution in [1.29, 1.82) is 0 Å². The highest BCUT2D eigenvalue weighted by atomic mass is 16.5. The topological polar surface area (TPSA) is 108 Å². The number of nitrogens with one attached hydrogen (secondary N) is 1. The minimum atomic E-state index is -1.02. The van der Waals surface area contributed by atoms with Crippen molar-refractivity contribution >= 4 is 11.9 Å². The smallest absolute Gasteiger partial charge is 0.309 e. The molecular weight excluding hydrogens is 384 g/mol. The number of amides is 1. The molecule has 1 amide bonds. The van der Waals surface area contributed by atoms with Gasteiger partial charge < -0.3 is 14.7 Å². The van der Waals surface area contributed by atoms with Gasteiger partial charge in [-0.15, -0.1) is 0 Å². The first-order chi connectivity index (χ1) is 14.3. The van der Waals surface area contributed by atoms with E-state index in [-0.39, 0.29) is 12.3 Å². The van der Waals surface area contributed by atoms with E-state index in [1.165, 1.54) is 0 Å². The molecule has 2 aromatic heterocycles. The molecule has 1 fully saturated rings. The van der Waals surface area contributed by atoms with E-state index in [4.69, 9.17) is 4.74 Å². The summed E-state index contributed by atoms with van der Waals surface area (Å²) >= 11 is 0. The van der Waals surface area contributed by atoms with Crippen molar-refractivity contribution in [3.05, 3.63) is 30.6 Å². The number of aromatic nitrogens is 3. The van der Waals surface area contributed by atoms with Gasteiger partial charge in [0.1, 0.15) is 5.75 Å². The lowest BCUT2D eigenvalue weighted by Crippen LogP contribution is -2.41. The molecule has 2 N–H and O–H groups in total. The molecule has 30 heavy (non-hydrogen) atoms. The highest BCUT2D eigenvalue weighted by molar-refractivity contribution is 5.84. The van der Waals surface area contributed by atoms with E-state index in [2.05, 4.69) is 15.2 Å². The number of aromatic amines is 1. The van der Waals surface area contributed by atoms with Crippen LogP contribution in [0.3, 0.4) is 0 Å². The van der Waals surface area contributed by atoms with E-state index in [9.17, 15) is 14.7 Å². The number of piperidine rings is 1. The highest BCUT2D eigenvalue weighted by Crippen LogP contribution is 2.26. The zero-order chi connectivity index (χ0) is 21.6. The van der Waals surface area contributed by atoms with Gasteiger partial charge in [0.15, 0.2) is 0 Å². The summed E-state index contributed by atoms with van der Waals surface area (Å²) in [6, 6.07) is 5.68. The maximum absolute atomic E-state index is 12.4. The normalized spacial score (nSPS) is 15.2. The minimum Gasteiger partial charge on any atom is -0.492 e. The summed E-state index contributed by atoms with van der Waals surface area (Å²) in [7, 11) is 0. The maximum Gasteiger partial charge on any atom is 0.309 e. The number of carbonyl (C=O) groups is 2. The van der Waals surface area contributed by atoms with E-state index < -0.39 is 11.4 Å². The van der Waals surface area contributed by atoms with Crippen LogP contribution in [0, 0.1) is 11.3 Å². The fourth-order valence-electron chi connectivity index (χ4n) is 3.62. The van der Waals surface area contributed by atoms with Crippen LogP contribution in [-0.4, -0.2) is 56.8 Å². The molecular formula is C22H30N4O4. The molecule has 1 saturated heterocycles. The van der Waals surface area contributed by atoms with Gasteiger partial charge >= 0.3 is 5.97 Å². The summed E-state index contributed by atoms with van der Waals surface area (Å²) in [6.45, 7) is 5.25. The van der Waals surface area contributed by atoms with Crippen molar-refractivity contribution in [2.75, 3.05) is 19.7 Å². The number of carbonyl (C=O) groups excluding carboxylic acids is 1. The Bertz CT molecular complexity index is 825. The summed E-state index contributed by atoms with van der Waals surface area (Å²) in [4.78, 5) is 29.8. The Kier molecular flexibility index (Phi) is 7.07. The number of ether oxygens (including phenoxy) is 1. The third-order valence-electron chi connectivity index (χ3n) is 5.68. The molecule has 1 aliphatic heterocycles. The molecule has 0 aliphatic carbocycles. The summed E-state index contributed by atoms with van der Waals surface area (Å²) in [5.41, 5.74) is 0.683.